The molecule has 1 aliphatic heterocycles. The van der Waals surface area contributed by atoms with Crippen molar-refractivity contribution in [3.63, 3.8) is 0 Å². The molecule has 154 valence electrons. The second kappa shape index (κ2) is 10.1. The molecule has 2 amide bonds. The smallest absolute Gasteiger partial charge is 0.279 e. The average Bonchev–Trinajstić information content (AvgIpc) is 2.72. The first-order chi connectivity index (χ1) is 14.0. The fourth-order valence-electron chi connectivity index (χ4n) is 3.53. The van der Waals surface area contributed by atoms with Crippen molar-refractivity contribution in [3.05, 3.63) is 59.9 Å². The summed E-state index contributed by atoms with van der Waals surface area (Å²) in [4.78, 5) is 26.9. The summed E-state index contributed by atoms with van der Waals surface area (Å²) in [5, 5.41) is 5.76. The van der Waals surface area contributed by atoms with E-state index < -0.39 is 0 Å². The van der Waals surface area contributed by atoms with Gasteiger partial charge in [-0.15, -0.1) is 0 Å². The summed E-state index contributed by atoms with van der Waals surface area (Å²) in [6.45, 7) is 6.29. The molecule has 1 fully saturated rings. The number of piperazine rings is 1. The Hall–Kier alpha value is -2.77. The molecule has 0 radical (unpaired) electrons. The molecule has 1 aliphatic rings. The number of amides is 2. The largest absolute Gasteiger partial charge is 0.321 e. The van der Waals surface area contributed by atoms with Crippen molar-refractivity contribution in [1.82, 2.24) is 0 Å². The van der Waals surface area contributed by atoms with Crippen molar-refractivity contribution in [2.45, 2.75) is 13.3 Å². The van der Waals surface area contributed by atoms with Crippen LogP contribution in [0.25, 0.3) is 0 Å². The van der Waals surface area contributed by atoms with E-state index in [0.29, 0.717) is 18.8 Å². The Morgan fingerprint density at radius 1 is 0.793 bits per heavy atom. The minimum atomic E-state index is -0.324. The first-order valence-corrected chi connectivity index (χ1v) is 10.1. The van der Waals surface area contributed by atoms with Crippen LogP contribution in [0.3, 0.4) is 0 Å². The van der Waals surface area contributed by atoms with Gasteiger partial charge in [0.05, 0.1) is 0 Å². The van der Waals surface area contributed by atoms with Gasteiger partial charge in [-0.2, -0.15) is 0 Å². The molecule has 0 aliphatic carbocycles. The number of rotatable bonds is 7. The normalized spacial score (nSPS) is 18.8. The lowest BCUT2D eigenvalue weighted by Crippen LogP contribution is -3.28. The average molecular weight is 400 g/mol. The molecule has 1 heterocycles. The van der Waals surface area contributed by atoms with Crippen molar-refractivity contribution in [1.29, 1.82) is 0 Å². The fraction of sp³-hybridized carbons (Fsp3) is 0.364. The summed E-state index contributed by atoms with van der Waals surface area (Å²) < 4.78 is 12.9. The van der Waals surface area contributed by atoms with Crippen LogP contribution in [0.5, 0.6) is 0 Å². The van der Waals surface area contributed by atoms with Gasteiger partial charge in [-0.1, -0.05) is 19.1 Å². The Bertz CT molecular complexity index is 816. The first kappa shape index (κ1) is 21.0. The zero-order chi connectivity index (χ0) is 20.6. The lowest BCUT2D eigenvalue weighted by Gasteiger charge is -2.28. The molecule has 2 aromatic rings. The third-order valence-electron chi connectivity index (χ3n) is 5.26. The minimum Gasteiger partial charge on any atom is -0.321 e. The number of carbonyl (C=O) groups excluding carboxylic acids is 2. The summed E-state index contributed by atoms with van der Waals surface area (Å²) in [6.07, 6.45) is 0.979. The van der Waals surface area contributed by atoms with Crippen molar-refractivity contribution in [2.24, 2.45) is 0 Å². The number of nitrogens with one attached hydrogen (secondary N) is 4. The molecule has 0 spiro atoms. The van der Waals surface area contributed by atoms with Crippen LogP contribution in [0.4, 0.5) is 15.8 Å². The topological polar surface area (TPSA) is 67.1 Å². The van der Waals surface area contributed by atoms with Crippen LogP contribution in [-0.2, 0) is 16.0 Å². The van der Waals surface area contributed by atoms with E-state index in [9.17, 15) is 14.0 Å². The maximum absolute atomic E-state index is 12.9. The van der Waals surface area contributed by atoms with E-state index in [-0.39, 0.29) is 17.6 Å². The van der Waals surface area contributed by atoms with Gasteiger partial charge in [0.15, 0.2) is 13.1 Å². The van der Waals surface area contributed by atoms with Gasteiger partial charge in [0.1, 0.15) is 32.0 Å². The number of quaternary nitrogens is 2. The SMILES string of the molecule is CCc1ccc(NC(=O)C[NH+]2CC[NH+](CC(=O)Nc3ccc(F)cc3)CC2)cc1. The van der Waals surface area contributed by atoms with E-state index in [0.717, 1.165) is 38.3 Å². The van der Waals surface area contributed by atoms with Crippen LogP contribution in [0, 0.1) is 5.82 Å². The molecular weight excluding hydrogens is 371 g/mol. The Morgan fingerprint density at radius 3 is 1.62 bits per heavy atom. The summed E-state index contributed by atoms with van der Waals surface area (Å²) in [6, 6.07) is 13.7. The van der Waals surface area contributed by atoms with E-state index in [4.69, 9.17) is 0 Å². The molecule has 7 heteroatoms. The highest BCUT2D eigenvalue weighted by Gasteiger charge is 2.26. The third kappa shape index (κ3) is 6.66. The van der Waals surface area contributed by atoms with Gasteiger partial charge >= 0.3 is 0 Å². The highest BCUT2D eigenvalue weighted by atomic mass is 19.1. The quantitative estimate of drug-likeness (QED) is 0.518. The zero-order valence-electron chi connectivity index (χ0n) is 16.8. The van der Waals surface area contributed by atoms with E-state index in [1.807, 2.05) is 24.3 Å². The van der Waals surface area contributed by atoms with Crippen LogP contribution in [-0.4, -0.2) is 51.1 Å². The molecule has 29 heavy (non-hydrogen) atoms. The zero-order valence-corrected chi connectivity index (χ0v) is 16.8. The Balaban J connectivity index is 1.37. The van der Waals surface area contributed by atoms with Crippen molar-refractivity contribution in [3.8, 4) is 0 Å². The number of aryl methyl sites for hydroxylation is 1. The number of hydrogen-bond acceptors (Lipinski definition) is 2. The number of hydrogen-bond donors (Lipinski definition) is 4. The number of anilines is 2. The molecule has 2 aromatic carbocycles. The minimum absolute atomic E-state index is 0.0155. The molecule has 3 rings (SSSR count). The van der Waals surface area contributed by atoms with Crippen LogP contribution in [0.2, 0.25) is 0 Å². The van der Waals surface area contributed by atoms with E-state index in [2.05, 4.69) is 17.6 Å². The Morgan fingerprint density at radius 2 is 1.21 bits per heavy atom. The summed E-state index contributed by atoms with van der Waals surface area (Å²) in [5.41, 5.74) is 2.67. The summed E-state index contributed by atoms with van der Waals surface area (Å²) in [7, 11) is 0. The lowest BCUT2D eigenvalue weighted by molar-refractivity contribution is -1.00. The maximum Gasteiger partial charge on any atom is 0.279 e. The number of halogens is 1. The lowest BCUT2D eigenvalue weighted by atomic mass is 10.1. The third-order valence-corrected chi connectivity index (χ3v) is 5.26. The van der Waals surface area contributed by atoms with Crippen LogP contribution in [0.1, 0.15) is 12.5 Å². The van der Waals surface area contributed by atoms with E-state index in [1.54, 1.807) is 12.1 Å². The summed E-state index contributed by atoms with van der Waals surface area (Å²) >= 11 is 0. The molecule has 1 saturated heterocycles. The van der Waals surface area contributed by atoms with Crippen molar-refractivity contribution in [2.75, 3.05) is 49.9 Å². The van der Waals surface area contributed by atoms with Crippen LogP contribution in [0.15, 0.2) is 48.5 Å². The Kier molecular flexibility index (Phi) is 7.32. The van der Waals surface area contributed by atoms with Gasteiger partial charge in [0, 0.05) is 11.4 Å². The molecule has 4 N–H and O–H groups in total. The molecule has 0 saturated carbocycles. The summed E-state index contributed by atoms with van der Waals surface area (Å²) in [5.74, 6) is -0.389. The molecule has 0 aromatic heterocycles. The van der Waals surface area contributed by atoms with Gasteiger partial charge in [0.25, 0.3) is 11.8 Å². The van der Waals surface area contributed by atoms with Gasteiger partial charge in [-0.3, -0.25) is 9.59 Å². The second-order valence-corrected chi connectivity index (χ2v) is 7.51. The predicted molar refractivity (Wildman–Crippen MR) is 111 cm³/mol. The van der Waals surface area contributed by atoms with Gasteiger partial charge in [0.2, 0.25) is 0 Å². The first-order valence-electron chi connectivity index (χ1n) is 10.1. The number of benzene rings is 2. The van der Waals surface area contributed by atoms with Crippen molar-refractivity contribution < 1.29 is 23.8 Å². The van der Waals surface area contributed by atoms with E-state index >= 15 is 0 Å². The number of carbonyl (C=O) groups is 2. The van der Waals surface area contributed by atoms with Crippen LogP contribution < -0.4 is 20.4 Å². The predicted octanol–water partition coefficient (Wildman–Crippen LogP) is -0.251. The molecule has 6 nitrogen and oxygen atoms in total. The molecule has 0 bridgehead atoms. The van der Waals surface area contributed by atoms with E-state index in [1.165, 1.54) is 27.5 Å². The Labute approximate surface area is 170 Å². The fourth-order valence-corrected chi connectivity index (χ4v) is 3.53. The highest BCUT2D eigenvalue weighted by Crippen LogP contribution is 2.09. The van der Waals surface area contributed by atoms with Gasteiger partial charge in [-0.05, 0) is 48.4 Å². The van der Waals surface area contributed by atoms with Crippen LogP contribution >= 0.6 is 0 Å². The van der Waals surface area contributed by atoms with Gasteiger partial charge in [-0.25, -0.2) is 4.39 Å². The molecule has 0 unspecified atom stereocenters. The van der Waals surface area contributed by atoms with Gasteiger partial charge < -0.3 is 20.4 Å². The van der Waals surface area contributed by atoms with Crippen molar-refractivity contribution >= 4 is 23.2 Å². The maximum atomic E-state index is 12.9. The molecular formula is C22H29FN4O2+2. The second-order valence-electron chi connectivity index (χ2n) is 7.51. The molecule has 0 atom stereocenters. The highest BCUT2D eigenvalue weighted by molar-refractivity contribution is 5.92. The standard InChI is InChI=1S/C22H27FN4O2/c1-2-17-3-7-19(8-4-17)24-21(28)15-26-11-13-27(14-12-26)16-22(29)25-20-9-5-18(23)6-10-20/h3-10H,2,11-16H2,1H3,(H,24,28)(H,25,29)/p+2. The monoisotopic (exact) mass is 400 g/mol.